The van der Waals surface area contributed by atoms with E-state index in [-0.39, 0.29) is 11.7 Å². The Morgan fingerprint density at radius 2 is 1.88 bits per heavy atom. The lowest BCUT2D eigenvalue weighted by atomic mass is 9.83. The molecule has 0 saturated carbocycles. The fourth-order valence-corrected chi connectivity index (χ4v) is 4.15. The third kappa shape index (κ3) is 2.77. The summed E-state index contributed by atoms with van der Waals surface area (Å²) in [5.41, 5.74) is 4.09. The zero-order valence-corrected chi connectivity index (χ0v) is 17.0. The highest BCUT2D eigenvalue weighted by atomic mass is 16.5. The number of hydrogen-bond donors (Lipinski definition) is 1. The first-order chi connectivity index (χ1) is 15.7. The van der Waals surface area contributed by atoms with Gasteiger partial charge in [-0.1, -0.05) is 24.3 Å². The number of aromatic hydroxyl groups is 1. The lowest BCUT2D eigenvalue weighted by Crippen LogP contribution is -2.15. The number of hydrogen-bond acceptors (Lipinski definition) is 7. The molecule has 0 unspecified atom stereocenters. The van der Waals surface area contributed by atoms with Crippen LogP contribution in [0, 0.1) is 0 Å². The monoisotopic (exact) mass is 423 g/mol. The van der Waals surface area contributed by atoms with E-state index >= 15 is 0 Å². The maximum atomic E-state index is 10.0. The molecule has 2 aromatic carbocycles. The Balaban J connectivity index is 1.65. The van der Waals surface area contributed by atoms with Crippen LogP contribution < -0.4 is 9.47 Å². The minimum atomic E-state index is -0.281. The van der Waals surface area contributed by atoms with Crippen LogP contribution in [0.4, 0.5) is 0 Å². The predicted octanol–water partition coefficient (Wildman–Crippen LogP) is 4.19. The van der Waals surface area contributed by atoms with Crippen LogP contribution in [0.5, 0.6) is 23.1 Å². The number of rotatable bonds is 3. The number of phenolic OH excluding ortho intramolecular Hbond substituents is 1. The number of benzene rings is 2. The van der Waals surface area contributed by atoms with Gasteiger partial charge in [0.25, 0.3) is 0 Å². The van der Waals surface area contributed by atoms with Crippen LogP contribution in [0.1, 0.15) is 22.6 Å². The fraction of sp³-hybridized carbons (Fsp3) is 0.0833. The molecule has 32 heavy (non-hydrogen) atoms. The summed E-state index contributed by atoms with van der Waals surface area (Å²) in [5.74, 6) is 2.10. The summed E-state index contributed by atoms with van der Waals surface area (Å²) in [6.45, 7) is 0. The Morgan fingerprint density at radius 3 is 2.72 bits per heavy atom. The highest BCUT2D eigenvalue weighted by Gasteiger charge is 2.35. The summed E-state index contributed by atoms with van der Waals surface area (Å²) in [7, 11) is 1.65. The Kier molecular flexibility index (Phi) is 4.04. The summed E-state index contributed by atoms with van der Waals surface area (Å²) in [5, 5.41) is 14.7. The number of fused-ring (bicyclic) bond motifs is 4. The number of para-hydroxylation sites is 1. The van der Waals surface area contributed by atoms with Crippen molar-refractivity contribution in [2.75, 3.05) is 7.11 Å². The minimum Gasteiger partial charge on any atom is -0.508 e. The number of methoxy groups -OCH3 is 1. The molecule has 1 atom stereocenters. The van der Waals surface area contributed by atoms with Crippen LogP contribution in [0.25, 0.3) is 17.0 Å². The maximum absolute atomic E-state index is 10.0. The van der Waals surface area contributed by atoms with E-state index in [1.165, 1.54) is 0 Å². The zero-order valence-electron chi connectivity index (χ0n) is 17.0. The van der Waals surface area contributed by atoms with Crippen molar-refractivity contribution in [2.45, 2.75) is 5.92 Å². The third-order valence-electron chi connectivity index (χ3n) is 5.58. The van der Waals surface area contributed by atoms with Crippen LogP contribution in [0.2, 0.25) is 0 Å². The van der Waals surface area contributed by atoms with Gasteiger partial charge < -0.3 is 14.6 Å². The first-order valence-corrected chi connectivity index (χ1v) is 10.0. The summed E-state index contributed by atoms with van der Waals surface area (Å²) in [4.78, 5) is 13.4. The van der Waals surface area contributed by atoms with E-state index in [0.717, 1.165) is 28.0 Å². The van der Waals surface area contributed by atoms with Gasteiger partial charge in [0, 0.05) is 35.2 Å². The molecule has 5 aromatic rings. The van der Waals surface area contributed by atoms with Gasteiger partial charge in [0.05, 0.1) is 18.6 Å². The summed E-state index contributed by atoms with van der Waals surface area (Å²) >= 11 is 0. The fourth-order valence-electron chi connectivity index (χ4n) is 4.15. The van der Waals surface area contributed by atoms with Gasteiger partial charge in [-0.25, -0.2) is 14.5 Å². The molecule has 0 radical (unpaired) electrons. The molecule has 4 heterocycles. The van der Waals surface area contributed by atoms with Crippen LogP contribution in [0.15, 0.2) is 73.3 Å². The van der Waals surface area contributed by atoms with Crippen molar-refractivity contribution in [3.63, 3.8) is 0 Å². The molecule has 6 rings (SSSR count). The van der Waals surface area contributed by atoms with Gasteiger partial charge in [-0.05, 0) is 24.3 Å². The summed E-state index contributed by atoms with van der Waals surface area (Å²) < 4.78 is 13.4. The molecule has 3 aromatic heterocycles. The second-order valence-corrected chi connectivity index (χ2v) is 7.40. The van der Waals surface area contributed by atoms with E-state index in [2.05, 4.69) is 15.1 Å². The molecule has 0 bridgehead atoms. The highest BCUT2D eigenvalue weighted by molar-refractivity contribution is 5.69. The first-order valence-electron chi connectivity index (χ1n) is 10.0. The number of phenols is 1. The quantitative estimate of drug-likeness (QED) is 0.456. The van der Waals surface area contributed by atoms with E-state index in [1.54, 1.807) is 42.5 Å². The Hall–Kier alpha value is -4.46. The first kappa shape index (κ1) is 18.3. The maximum Gasteiger partial charge on any atom is 0.228 e. The molecule has 0 spiro atoms. The second-order valence-electron chi connectivity index (χ2n) is 7.40. The normalized spacial score (nSPS) is 14.5. The molecule has 0 saturated heterocycles. The molecule has 0 aliphatic carbocycles. The smallest absolute Gasteiger partial charge is 0.228 e. The van der Waals surface area contributed by atoms with Crippen LogP contribution in [-0.4, -0.2) is 36.8 Å². The van der Waals surface area contributed by atoms with Gasteiger partial charge in [-0.15, -0.1) is 5.10 Å². The molecule has 8 heteroatoms. The van der Waals surface area contributed by atoms with Gasteiger partial charge in [0.2, 0.25) is 5.88 Å². The molecule has 1 aliphatic heterocycles. The standard InChI is InChI=1S/C24H17N5O3/c1-31-18-5-3-2-4-16(18)20-17-7-6-15(30)12-19(17)32-24-21(20)23-27-22(28-29(23)13-26-24)14-8-10-25-11-9-14/h2-13,20,30H,1H3/t20-/m1/s1. The van der Waals surface area contributed by atoms with Crippen LogP contribution in [-0.2, 0) is 0 Å². The summed E-state index contributed by atoms with van der Waals surface area (Å²) in [6, 6.07) is 16.7. The van der Waals surface area contributed by atoms with Crippen molar-refractivity contribution in [2.24, 2.45) is 0 Å². The Morgan fingerprint density at radius 1 is 1.03 bits per heavy atom. The highest BCUT2D eigenvalue weighted by Crippen LogP contribution is 2.50. The zero-order chi connectivity index (χ0) is 21.7. The van der Waals surface area contributed by atoms with Crippen LogP contribution in [0.3, 0.4) is 0 Å². The van der Waals surface area contributed by atoms with E-state index < -0.39 is 0 Å². The molecule has 8 nitrogen and oxygen atoms in total. The lowest BCUT2D eigenvalue weighted by Gasteiger charge is -2.28. The second kappa shape index (κ2) is 7.05. The lowest BCUT2D eigenvalue weighted by molar-refractivity contribution is 0.401. The molecule has 1 aliphatic rings. The molecular weight excluding hydrogens is 406 g/mol. The van der Waals surface area contributed by atoms with Crippen molar-refractivity contribution < 1.29 is 14.6 Å². The topological polar surface area (TPSA) is 94.7 Å². The number of pyridine rings is 1. The minimum absolute atomic E-state index is 0.120. The van der Waals surface area contributed by atoms with Gasteiger partial charge in [0.1, 0.15) is 23.6 Å². The van der Waals surface area contributed by atoms with Gasteiger partial charge >= 0.3 is 0 Å². The van der Waals surface area contributed by atoms with E-state index in [9.17, 15) is 5.11 Å². The predicted molar refractivity (Wildman–Crippen MR) is 116 cm³/mol. The molecular formula is C24H17N5O3. The van der Waals surface area contributed by atoms with Crippen molar-refractivity contribution in [3.05, 3.63) is 90.0 Å². The van der Waals surface area contributed by atoms with Crippen molar-refractivity contribution >= 4 is 5.65 Å². The average Bonchev–Trinajstić information content (AvgIpc) is 3.28. The molecule has 156 valence electrons. The molecule has 0 amide bonds. The largest absolute Gasteiger partial charge is 0.508 e. The van der Waals surface area contributed by atoms with E-state index in [0.29, 0.717) is 23.1 Å². The van der Waals surface area contributed by atoms with Gasteiger partial charge in [-0.2, -0.15) is 0 Å². The van der Waals surface area contributed by atoms with Crippen molar-refractivity contribution in [1.82, 2.24) is 24.6 Å². The van der Waals surface area contributed by atoms with Crippen LogP contribution >= 0.6 is 0 Å². The van der Waals surface area contributed by atoms with E-state index in [4.69, 9.17) is 14.5 Å². The van der Waals surface area contributed by atoms with Gasteiger partial charge in [0.15, 0.2) is 11.5 Å². The third-order valence-corrected chi connectivity index (χ3v) is 5.58. The number of aromatic nitrogens is 5. The SMILES string of the molecule is COc1ccccc1[C@@H]1c2ccc(O)cc2Oc2ncn3nc(-c4ccncc4)nc3c21. The molecule has 0 fully saturated rings. The summed E-state index contributed by atoms with van der Waals surface area (Å²) in [6.07, 6.45) is 5.00. The van der Waals surface area contributed by atoms with Crippen molar-refractivity contribution in [1.29, 1.82) is 0 Å². The average molecular weight is 423 g/mol. The van der Waals surface area contributed by atoms with E-state index in [1.807, 2.05) is 42.5 Å². The Bertz CT molecular complexity index is 1470. The number of nitrogens with zero attached hydrogens (tertiary/aromatic N) is 5. The van der Waals surface area contributed by atoms with Gasteiger partial charge in [-0.3, -0.25) is 4.98 Å². The number of ether oxygens (including phenoxy) is 2. The van der Waals surface area contributed by atoms with Crippen molar-refractivity contribution in [3.8, 4) is 34.5 Å². The Labute approximate surface area is 182 Å². The molecule has 1 N–H and O–H groups in total.